The molecule has 1 aromatic rings. The summed E-state index contributed by atoms with van der Waals surface area (Å²) in [6.45, 7) is 9.21. The molecule has 3 heteroatoms. The Morgan fingerprint density at radius 3 is 2.61 bits per heavy atom. The van der Waals surface area contributed by atoms with Crippen molar-refractivity contribution >= 4 is 0 Å². The number of nitrogens with two attached hydrogens (primary N) is 1. The van der Waals surface area contributed by atoms with Crippen molar-refractivity contribution in [3.05, 3.63) is 35.4 Å². The quantitative estimate of drug-likeness (QED) is 0.890. The van der Waals surface area contributed by atoms with E-state index in [1.54, 1.807) is 0 Å². The van der Waals surface area contributed by atoms with Gasteiger partial charge in [-0.25, -0.2) is 0 Å². The monoisotopic (exact) mass is 248 g/mol. The molecule has 1 saturated heterocycles. The molecule has 0 amide bonds. The molecule has 1 aliphatic heterocycles. The first kappa shape index (κ1) is 13.5. The van der Waals surface area contributed by atoms with E-state index in [4.69, 9.17) is 10.5 Å². The standard InChI is InChI=1S/C15H24N2O/c1-11-5-4-6-14(7-11)15(16)10-17-8-12(2)18-13(3)9-17/h4-7,12-13,15H,8-10,16H2,1-3H3/t12-,13+,15?. The molecule has 3 atom stereocenters. The third-order valence-electron chi connectivity index (χ3n) is 3.42. The molecule has 1 aliphatic rings. The highest BCUT2D eigenvalue weighted by molar-refractivity contribution is 5.25. The molecule has 100 valence electrons. The summed E-state index contributed by atoms with van der Waals surface area (Å²) >= 11 is 0. The normalized spacial score (nSPS) is 27.1. The van der Waals surface area contributed by atoms with Crippen molar-refractivity contribution in [2.75, 3.05) is 19.6 Å². The van der Waals surface area contributed by atoms with Crippen molar-refractivity contribution in [1.29, 1.82) is 0 Å². The summed E-state index contributed by atoms with van der Waals surface area (Å²) in [7, 11) is 0. The Hall–Kier alpha value is -0.900. The predicted octanol–water partition coefficient (Wildman–Crippen LogP) is 2.10. The second-order valence-corrected chi connectivity index (χ2v) is 5.50. The van der Waals surface area contributed by atoms with Crippen molar-refractivity contribution in [3.63, 3.8) is 0 Å². The topological polar surface area (TPSA) is 38.5 Å². The van der Waals surface area contributed by atoms with Crippen LogP contribution in [0.15, 0.2) is 24.3 Å². The molecule has 0 spiro atoms. The number of nitrogens with zero attached hydrogens (tertiary/aromatic N) is 1. The zero-order chi connectivity index (χ0) is 13.1. The van der Waals surface area contributed by atoms with E-state index >= 15 is 0 Å². The highest BCUT2D eigenvalue weighted by Gasteiger charge is 2.23. The van der Waals surface area contributed by atoms with Gasteiger partial charge < -0.3 is 10.5 Å². The van der Waals surface area contributed by atoms with E-state index in [0.717, 1.165) is 19.6 Å². The lowest BCUT2D eigenvalue weighted by Gasteiger charge is -2.36. The fourth-order valence-corrected chi connectivity index (χ4v) is 2.72. The van der Waals surface area contributed by atoms with Gasteiger partial charge >= 0.3 is 0 Å². The summed E-state index contributed by atoms with van der Waals surface area (Å²) in [6, 6.07) is 8.56. The molecule has 0 aromatic heterocycles. The average Bonchev–Trinajstić information content (AvgIpc) is 2.27. The van der Waals surface area contributed by atoms with Crippen LogP contribution in [0.2, 0.25) is 0 Å². The molecule has 1 heterocycles. The Morgan fingerprint density at radius 2 is 2.00 bits per heavy atom. The van der Waals surface area contributed by atoms with Crippen LogP contribution in [0.25, 0.3) is 0 Å². The molecule has 0 radical (unpaired) electrons. The molecule has 18 heavy (non-hydrogen) atoms. The zero-order valence-corrected chi connectivity index (χ0v) is 11.6. The largest absolute Gasteiger partial charge is 0.373 e. The van der Waals surface area contributed by atoms with Gasteiger partial charge in [0.05, 0.1) is 12.2 Å². The maximum atomic E-state index is 6.30. The summed E-state index contributed by atoms with van der Waals surface area (Å²) in [4.78, 5) is 2.41. The maximum Gasteiger partial charge on any atom is 0.0678 e. The van der Waals surface area contributed by atoms with Crippen LogP contribution in [0.5, 0.6) is 0 Å². The molecule has 1 fully saturated rings. The van der Waals surface area contributed by atoms with E-state index in [1.807, 2.05) is 0 Å². The lowest BCUT2D eigenvalue weighted by Crippen LogP contribution is -2.47. The van der Waals surface area contributed by atoms with Gasteiger partial charge in [0.25, 0.3) is 0 Å². The first-order chi connectivity index (χ1) is 8.54. The van der Waals surface area contributed by atoms with Crippen LogP contribution in [-0.2, 0) is 4.74 Å². The summed E-state index contributed by atoms with van der Waals surface area (Å²) in [5, 5.41) is 0. The fraction of sp³-hybridized carbons (Fsp3) is 0.600. The van der Waals surface area contributed by atoms with Crippen molar-refractivity contribution in [2.24, 2.45) is 5.73 Å². The van der Waals surface area contributed by atoms with Crippen LogP contribution < -0.4 is 5.73 Å². The molecule has 1 unspecified atom stereocenters. The van der Waals surface area contributed by atoms with Crippen LogP contribution in [0.3, 0.4) is 0 Å². The Balaban J connectivity index is 1.96. The van der Waals surface area contributed by atoms with Crippen LogP contribution in [0.4, 0.5) is 0 Å². The second kappa shape index (κ2) is 5.83. The number of morpholine rings is 1. The second-order valence-electron chi connectivity index (χ2n) is 5.50. The maximum absolute atomic E-state index is 6.30. The SMILES string of the molecule is Cc1cccc(C(N)CN2C[C@@H](C)O[C@@H](C)C2)c1. The van der Waals surface area contributed by atoms with Crippen LogP contribution >= 0.6 is 0 Å². The summed E-state index contributed by atoms with van der Waals surface area (Å²) in [6.07, 6.45) is 0.608. The molecule has 0 saturated carbocycles. The number of benzene rings is 1. The van der Waals surface area contributed by atoms with E-state index in [1.165, 1.54) is 11.1 Å². The third-order valence-corrected chi connectivity index (χ3v) is 3.42. The number of aryl methyl sites for hydroxylation is 1. The number of rotatable bonds is 3. The Kier molecular flexibility index (Phi) is 4.38. The van der Waals surface area contributed by atoms with Gasteiger partial charge in [-0.1, -0.05) is 29.8 Å². The van der Waals surface area contributed by atoms with Gasteiger partial charge in [0.2, 0.25) is 0 Å². The minimum atomic E-state index is 0.0856. The minimum Gasteiger partial charge on any atom is -0.373 e. The van der Waals surface area contributed by atoms with Gasteiger partial charge in [-0.05, 0) is 26.3 Å². The fourth-order valence-electron chi connectivity index (χ4n) is 2.72. The van der Waals surface area contributed by atoms with Gasteiger partial charge in [-0.3, -0.25) is 4.90 Å². The number of hydrogen-bond acceptors (Lipinski definition) is 3. The lowest BCUT2D eigenvalue weighted by molar-refractivity contribution is -0.0691. The molecule has 0 bridgehead atoms. The van der Waals surface area contributed by atoms with Crippen LogP contribution in [0.1, 0.15) is 31.0 Å². The summed E-state index contributed by atoms with van der Waals surface area (Å²) < 4.78 is 5.74. The van der Waals surface area contributed by atoms with Crippen molar-refractivity contribution < 1.29 is 4.74 Å². The average molecular weight is 248 g/mol. The summed E-state index contributed by atoms with van der Waals surface area (Å²) in [5.41, 5.74) is 8.80. The van der Waals surface area contributed by atoms with Crippen LogP contribution in [0, 0.1) is 6.92 Å². The van der Waals surface area contributed by atoms with E-state index in [-0.39, 0.29) is 6.04 Å². The molecular formula is C15H24N2O. The molecule has 0 aliphatic carbocycles. The third kappa shape index (κ3) is 3.55. The van der Waals surface area contributed by atoms with Crippen molar-refractivity contribution in [1.82, 2.24) is 4.90 Å². The molecule has 1 aromatic carbocycles. The van der Waals surface area contributed by atoms with Crippen LogP contribution in [-0.4, -0.2) is 36.7 Å². The van der Waals surface area contributed by atoms with Gasteiger partial charge in [-0.15, -0.1) is 0 Å². The van der Waals surface area contributed by atoms with Gasteiger partial charge in [0.1, 0.15) is 0 Å². The first-order valence-electron chi connectivity index (χ1n) is 6.74. The summed E-state index contributed by atoms with van der Waals surface area (Å²) in [5.74, 6) is 0. The van der Waals surface area contributed by atoms with E-state index in [2.05, 4.69) is 49.9 Å². The molecular weight excluding hydrogens is 224 g/mol. The number of ether oxygens (including phenoxy) is 1. The van der Waals surface area contributed by atoms with Gasteiger partial charge in [0.15, 0.2) is 0 Å². The van der Waals surface area contributed by atoms with Crippen molar-refractivity contribution in [3.8, 4) is 0 Å². The Morgan fingerprint density at radius 1 is 1.33 bits per heavy atom. The van der Waals surface area contributed by atoms with Gasteiger partial charge in [-0.2, -0.15) is 0 Å². The Bertz CT molecular complexity index is 384. The molecule has 2 rings (SSSR count). The predicted molar refractivity (Wildman–Crippen MR) is 74.6 cm³/mol. The lowest BCUT2D eigenvalue weighted by atomic mass is 10.0. The highest BCUT2D eigenvalue weighted by Crippen LogP contribution is 2.17. The zero-order valence-electron chi connectivity index (χ0n) is 11.6. The highest BCUT2D eigenvalue weighted by atomic mass is 16.5. The van der Waals surface area contributed by atoms with Gasteiger partial charge in [0, 0.05) is 25.7 Å². The molecule has 3 nitrogen and oxygen atoms in total. The van der Waals surface area contributed by atoms with E-state index in [9.17, 15) is 0 Å². The van der Waals surface area contributed by atoms with Crippen molar-refractivity contribution in [2.45, 2.75) is 39.0 Å². The minimum absolute atomic E-state index is 0.0856. The molecule has 2 N–H and O–H groups in total. The van der Waals surface area contributed by atoms with E-state index < -0.39 is 0 Å². The smallest absolute Gasteiger partial charge is 0.0678 e. The Labute approximate surface area is 110 Å². The first-order valence-corrected chi connectivity index (χ1v) is 6.74. The number of hydrogen-bond donors (Lipinski definition) is 1. The van der Waals surface area contributed by atoms with E-state index in [0.29, 0.717) is 12.2 Å².